The molecule has 0 atom stereocenters. The zero-order valence-corrected chi connectivity index (χ0v) is 9.12. The Bertz CT molecular complexity index is 393. The van der Waals surface area contributed by atoms with Gasteiger partial charge in [0.15, 0.2) is 0 Å². The molecule has 1 heterocycles. The van der Waals surface area contributed by atoms with E-state index in [0.29, 0.717) is 0 Å². The van der Waals surface area contributed by atoms with Gasteiger partial charge >= 0.3 is 0 Å². The van der Waals surface area contributed by atoms with Gasteiger partial charge < -0.3 is 0 Å². The number of nitrogens with zero attached hydrogens (tertiary/aromatic N) is 1. The molecule has 0 amide bonds. The van der Waals surface area contributed by atoms with Crippen LogP contribution in [0.15, 0.2) is 36.5 Å². The van der Waals surface area contributed by atoms with Gasteiger partial charge in [0.25, 0.3) is 0 Å². The zero-order valence-electron chi connectivity index (χ0n) is 9.12. The van der Waals surface area contributed by atoms with E-state index in [1.165, 1.54) is 17.4 Å². The van der Waals surface area contributed by atoms with Crippen molar-refractivity contribution in [3.63, 3.8) is 0 Å². The first-order valence-corrected chi connectivity index (χ1v) is 5.09. The lowest BCUT2D eigenvalue weighted by atomic mass is 10.1. The Labute approximate surface area is 85.8 Å². The van der Waals surface area contributed by atoms with Gasteiger partial charge in [-0.15, -0.1) is 0 Å². The molecule has 0 radical (unpaired) electrons. The van der Waals surface area contributed by atoms with E-state index in [9.17, 15) is 0 Å². The minimum absolute atomic E-state index is 1.07. The molecule has 0 saturated carbocycles. The molecule has 74 valence electrons. The van der Waals surface area contributed by atoms with Gasteiger partial charge in [0.1, 0.15) is 0 Å². The lowest BCUT2D eigenvalue weighted by molar-refractivity contribution is 1.09. The second kappa shape index (κ2) is 5.38. The molecule has 1 aromatic heterocycles. The Morgan fingerprint density at radius 2 is 1.86 bits per heavy atom. The number of pyridine rings is 1. The van der Waals surface area contributed by atoms with Crippen molar-refractivity contribution in [2.24, 2.45) is 0 Å². The summed E-state index contributed by atoms with van der Waals surface area (Å²) in [5, 5.41) is 1.22. The summed E-state index contributed by atoms with van der Waals surface area (Å²) in [6.07, 6.45) is 3.07. The average molecular weight is 187 g/mol. The van der Waals surface area contributed by atoms with Crippen molar-refractivity contribution in [1.82, 2.24) is 4.98 Å². The van der Waals surface area contributed by atoms with Crippen molar-refractivity contribution in [3.8, 4) is 0 Å². The van der Waals surface area contributed by atoms with Crippen molar-refractivity contribution in [2.75, 3.05) is 0 Å². The average Bonchev–Trinajstić information content (AvgIpc) is 2.19. The largest absolute Gasteiger partial charge is 0.256 e. The van der Waals surface area contributed by atoms with Gasteiger partial charge in [-0.05, 0) is 25.1 Å². The lowest BCUT2D eigenvalue weighted by Crippen LogP contribution is -1.77. The molecular weight excluding hydrogens is 170 g/mol. The van der Waals surface area contributed by atoms with Gasteiger partial charge in [-0.2, -0.15) is 0 Å². The summed E-state index contributed by atoms with van der Waals surface area (Å²) >= 11 is 0. The van der Waals surface area contributed by atoms with Crippen molar-refractivity contribution in [2.45, 2.75) is 27.2 Å². The van der Waals surface area contributed by atoms with E-state index in [1.54, 1.807) is 0 Å². The maximum absolute atomic E-state index is 4.22. The normalized spacial score (nSPS) is 9.36. The van der Waals surface area contributed by atoms with Crippen LogP contribution in [0.25, 0.3) is 10.9 Å². The summed E-state index contributed by atoms with van der Waals surface area (Å²) < 4.78 is 0. The molecule has 0 aliphatic carbocycles. The summed E-state index contributed by atoms with van der Waals surface area (Å²) in [7, 11) is 0. The molecule has 0 bridgehead atoms. The highest BCUT2D eigenvalue weighted by Gasteiger charge is 1.90. The summed E-state index contributed by atoms with van der Waals surface area (Å²) in [6, 6.07) is 10.3. The molecule has 0 aliphatic rings. The van der Waals surface area contributed by atoms with Crippen LogP contribution >= 0.6 is 0 Å². The molecule has 0 N–H and O–H groups in total. The highest BCUT2D eigenvalue weighted by molar-refractivity contribution is 5.78. The first-order chi connectivity index (χ1) is 6.77. The molecule has 0 saturated heterocycles. The van der Waals surface area contributed by atoms with Crippen LogP contribution in [-0.4, -0.2) is 4.98 Å². The molecule has 1 nitrogen and oxygen atoms in total. The smallest absolute Gasteiger partial charge is 0.0702 e. The van der Waals surface area contributed by atoms with E-state index in [0.717, 1.165) is 5.52 Å². The molecule has 2 rings (SSSR count). The Morgan fingerprint density at radius 1 is 1.14 bits per heavy atom. The number of hydrogen-bond acceptors (Lipinski definition) is 1. The Hall–Kier alpha value is -1.37. The highest BCUT2D eigenvalue weighted by Crippen LogP contribution is 2.11. The van der Waals surface area contributed by atoms with Crippen LogP contribution in [0.5, 0.6) is 0 Å². The molecule has 1 aromatic carbocycles. The second-order valence-electron chi connectivity index (χ2n) is 3.41. The topological polar surface area (TPSA) is 12.9 Å². The third kappa shape index (κ3) is 2.84. The molecule has 1 heteroatoms. The SMILES string of the molecule is CCC.Cc1ccc2ncccc2c1. The predicted octanol–water partition coefficient (Wildman–Crippen LogP) is 3.96. The standard InChI is InChI=1S/C10H9N.C3H8/c1-8-4-5-10-9(7-8)3-2-6-11-10;1-3-2/h2-7H,1H3;3H2,1-2H3. The van der Waals surface area contributed by atoms with Gasteiger partial charge in [-0.3, -0.25) is 4.98 Å². The van der Waals surface area contributed by atoms with Crippen molar-refractivity contribution in [1.29, 1.82) is 0 Å². The third-order valence-corrected chi connectivity index (χ3v) is 1.76. The quantitative estimate of drug-likeness (QED) is 0.608. The maximum Gasteiger partial charge on any atom is 0.0702 e. The van der Waals surface area contributed by atoms with Crippen LogP contribution < -0.4 is 0 Å². The number of hydrogen-bond donors (Lipinski definition) is 0. The van der Waals surface area contributed by atoms with Gasteiger partial charge in [0.2, 0.25) is 0 Å². The first-order valence-electron chi connectivity index (χ1n) is 5.09. The summed E-state index contributed by atoms with van der Waals surface area (Å²) in [4.78, 5) is 4.22. The van der Waals surface area contributed by atoms with Crippen LogP contribution in [0.4, 0.5) is 0 Å². The molecule has 14 heavy (non-hydrogen) atoms. The molecule has 0 aliphatic heterocycles. The fourth-order valence-corrected chi connectivity index (χ4v) is 1.20. The van der Waals surface area contributed by atoms with Gasteiger partial charge in [0.05, 0.1) is 5.52 Å². The van der Waals surface area contributed by atoms with Gasteiger partial charge in [-0.25, -0.2) is 0 Å². The second-order valence-corrected chi connectivity index (χ2v) is 3.41. The third-order valence-electron chi connectivity index (χ3n) is 1.76. The van der Waals surface area contributed by atoms with Crippen molar-refractivity contribution >= 4 is 10.9 Å². The number of aryl methyl sites for hydroxylation is 1. The number of aromatic nitrogens is 1. The van der Waals surface area contributed by atoms with E-state index in [4.69, 9.17) is 0 Å². The Balaban J connectivity index is 0.000000293. The summed E-state index contributed by atoms with van der Waals surface area (Å²) in [5.41, 5.74) is 2.35. The minimum Gasteiger partial charge on any atom is -0.256 e. The Kier molecular flexibility index (Phi) is 4.11. The van der Waals surface area contributed by atoms with Crippen LogP contribution in [0.2, 0.25) is 0 Å². The van der Waals surface area contributed by atoms with Gasteiger partial charge in [-0.1, -0.05) is 38.0 Å². The minimum atomic E-state index is 1.07. The number of rotatable bonds is 0. The fourth-order valence-electron chi connectivity index (χ4n) is 1.20. The molecular formula is C13H17N. The predicted molar refractivity (Wildman–Crippen MR) is 62.4 cm³/mol. The summed E-state index contributed by atoms with van der Waals surface area (Å²) in [6.45, 7) is 6.34. The monoisotopic (exact) mass is 187 g/mol. The summed E-state index contributed by atoms with van der Waals surface area (Å²) in [5.74, 6) is 0. The van der Waals surface area contributed by atoms with Crippen molar-refractivity contribution < 1.29 is 0 Å². The van der Waals surface area contributed by atoms with Crippen LogP contribution in [0.1, 0.15) is 25.8 Å². The van der Waals surface area contributed by atoms with Gasteiger partial charge in [0, 0.05) is 11.6 Å². The van der Waals surface area contributed by atoms with E-state index in [-0.39, 0.29) is 0 Å². The fraction of sp³-hybridized carbons (Fsp3) is 0.308. The van der Waals surface area contributed by atoms with Crippen LogP contribution in [0.3, 0.4) is 0 Å². The Morgan fingerprint density at radius 3 is 2.57 bits per heavy atom. The lowest BCUT2D eigenvalue weighted by Gasteiger charge is -1.95. The van der Waals surface area contributed by atoms with Crippen molar-refractivity contribution in [3.05, 3.63) is 42.1 Å². The van der Waals surface area contributed by atoms with Crippen LogP contribution in [-0.2, 0) is 0 Å². The highest BCUT2D eigenvalue weighted by atomic mass is 14.6. The van der Waals surface area contributed by atoms with E-state index < -0.39 is 0 Å². The molecule has 0 unspecified atom stereocenters. The van der Waals surface area contributed by atoms with E-state index in [2.05, 4.69) is 44.0 Å². The molecule has 0 spiro atoms. The van der Waals surface area contributed by atoms with Crippen LogP contribution in [0, 0.1) is 6.92 Å². The van der Waals surface area contributed by atoms with E-state index >= 15 is 0 Å². The number of benzene rings is 1. The molecule has 2 aromatic rings. The van der Waals surface area contributed by atoms with E-state index in [1.807, 2.05) is 18.3 Å². The molecule has 0 fully saturated rings. The first kappa shape index (κ1) is 10.7. The zero-order chi connectivity index (χ0) is 10.4. The number of fused-ring (bicyclic) bond motifs is 1. The maximum atomic E-state index is 4.22.